The molecule has 20 heavy (non-hydrogen) atoms. The van der Waals surface area contributed by atoms with Crippen molar-refractivity contribution in [2.75, 3.05) is 13.1 Å². The molecule has 0 saturated carbocycles. The Morgan fingerprint density at radius 1 is 1.50 bits per heavy atom. The fourth-order valence-electron chi connectivity index (χ4n) is 2.81. The second-order valence-electron chi connectivity index (χ2n) is 5.81. The van der Waals surface area contributed by atoms with E-state index >= 15 is 0 Å². The summed E-state index contributed by atoms with van der Waals surface area (Å²) in [5.41, 5.74) is 0.719. The number of hydrogen-bond acceptors (Lipinski definition) is 3. The molecule has 4 heteroatoms. The lowest BCUT2D eigenvalue weighted by Crippen LogP contribution is -2.48. The average Bonchev–Trinajstić information content (AvgIpc) is 2.93. The molecule has 4 nitrogen and oxygen atoms in total. The third-order valence-corrected chi connectivity index (χ3v) is 4.01. The number of nitrogens with one attached hydrogen (secondary N) is 1. The van der Waals surface area contributed by atoms with Crippen molar-refractivity contribution in [2.24, 2.45) is 0 Å². The van der Waals surface area contributed by atoms with Crippen LogP contribution in [0.1, 0.15) is 56.2 Å². The predicted octanol–water partition coefficient (Wildman–Crippen LogP) is 2.83. The first-order valence-corrected chi connectivity index (χ1v) is 7.74. The summed E-state index contributed by atoms with van der Waals surface area (Å²) in [7, 11) is 0. The Bertz CT molecular complexity index is 433. The van der Waals surface area contributed by atoms with Crippen LogP contribution in [0.3, 0.4) is 0 Å². The fraction of sp³-hybridized carbons (Fsp3) is 0.688. The molecule has 0 spiro atoms. The Labute approximate surface area is 121 Å². The summed E-state index contributed by atoms with van der Waals surface area (Å²) in [6.45, 7) is 8.01. The highest BCUT2D eigenvalue weighted by Crippen LogP contribution is 2.17. The van der Waals surface area contributed by atoms with Crippen LogP contribution in [0.4, 0.5) is 0 Å². The van der Waals surface area contributed by atoms with Gasteiger partial charge in [0.2, 0.25) is 0 Å². The van der Waals surface area contributed by atoms with Crippen molar-refractivity contribution in [3.05, 3.63) is 23.7 Å². The topological polar surface area (TPSA) is 45.5 Å². The number of carbonyl (C=O) groups is 1. The lowest BCUT2D eigenvalue weighted by atomic mass is 10.0. The Morgan fingerprint density at radius 2 is 2.30 bits per heavy atom. The first-order chi connectivity index (χ1) is 9.63. The van der Waals surface area contributed by atoms with E-state index < -0.39 is 0 Å². The number of amides is 1. The number of furan rings is 1. The molecule has 2 rings (SSSR count). The van der Waals surface area contributed by atoms with Gasteiger partial charge < -0.3 is 14.6 Å². The van der Waals surface area contributed by atoms with Crippen LogP contribution in [-0.4, -0.2) is 36.0 Å². The van der Waals surface area contributed by atoms with Gasteiger partial charge in [-0.15, -0.1) is 0 Å². The monoisotopic (exact) mass is 278 g/mol. The lowest BCUT2D eigenvalue weighted by Gasteiger charge is -2.33. The average molecular weight is 278 g/mol. The largest absolute Gasteiger partial charge is 0.469 e. The van der Waals surface area contributed by atoms with Gasteiger partial charge in [-0.2, -0.15) is 0 Å². The maximum Gasteiger partial charge on any atom is 0.257 e. The maximum atomic E-state index is 12.7. The van der Waals surface area contributed by atoms with Gasteiger partial charge in [-0.25, -0.2) is 0 Å². The highest BCUT2D eigenvalue weighted by molar-refractivity contribution is 5.95. The molecule has 0 aromatic carbocycles. The summed E-state index contributed by atoms with van der Waals surface area (Å²) >= 11 is 0. The first kappa shape index (κ1) is 15.1. The van der Waals surface area contributed by atoms with Crippen molar-refractivity contribution in [1.29, 1.82) is 0 Å². The van der Waals surface area contributed by atoms with Crippen molar-refractivity contribution in [1.82, 2.24) is 10.2 Å². The lowest BCUT2D eigenvalue weighted by molar-refractivity contribution is 0.0674. The van der Waals surface area contributed by atoms with Crippen LogP contribution >= 0.6 is 0 Å². The normalized spacial score (nSPS) is 19.3. The van der Waals surface area contributed by atoms with Crippen LogP contribution in [0.5, 0.6) is 0 Å². The Hall–Kier alpha value is -1.29. The van der Waals surface area contributed by atoms with Gasteiger partial charge in [0.15, 0.2) is 0 Å². The summed E-state index contributed by atoms with van der Waals surface area (Å²) in [5.74, 6) is 0.884. The molecule has 0 radical (unpaired) electrons. The molecule has 1 saturated heterocycles. The van der Waals surface area contributed by atoms with Crippen LogP contribution < -0.4 is 5.32 Å². The zero-order valence-corrected chi connectivity index (χ0v) is 12.8. The minimum atomic E-state index is 0.0953. The van der Waals surface area contributed by atoms with Gasteiger partial charge in [-0.1, -0.05) is 13.3 Å². The molecule has 1 atom stereocenters. The third-order valence-electron chi connectivity index (χ3n) is 4.01. The van der Waals surface area contributed by atoms with Crippen molar-refractivity contribution in [3.63, 3.8) is 0 Å². The van der Waals surface area contributed by atoms with E-state index in [1.54, 1.807) is 12.3 Å². The smallest absolute Gasteiger partial charge is 0.257 e. The number of aryl methyl sites for hydroxylation is 1. The maximum absolute atomic E-state index is 12.7. The molecule has 2 heterocycles. The number of rotatable bonds is 5. The second kappa shape index (κ2) is 6.93. The number of nitrogens with zero attached hydrogens (tertiary/aromatic N) is 1. The highest BCUT2D eigenvalue weighted by atomic mass is 16.3. The highest BCUT2D eigenvalue weighted by Gasteiger charge is 2.25. The molecule has 1 unspecified atom stereocenters. The van der Waals surface area contributed by atoms with E-state index in [2.05, 4.69) is 19.2 Å². The van der Waals surface area contributed by atoms with E-state index in [4.69, 9.17) is 4.42 Å². The summed E-state index contributed by atoms with van der Waals surface area (Å²) in [6.07, 6.45) is 6.02. The second-order valence-corrected chi connectivity index (χ2v) is 5.81. The van der Waals surface area contributed by atoms with E-state index in [0.29, 0.717) is 6.04 Å². The fourth-order valence-corrected chi connectivity index (χ4v) is 2.81. The summed E-state index contributed by atoms with van der Waals surface area (Å²) < 4.78 is 5.39. The standard InChI is InChI=1S/C16H26N2O2/c1-4-15-14(8-10-20-15)16(19)18(12(2)3)11-13-7-5-6-9-17-13/h8,10,12-13,17H,4-7,9,11H2,1-3H3. The van der Waals surface area contributed by atoms with E-state index in [-0.39, 0.29) is 11.9 Å². The molecule has 1 amide bonds. The molecular weight excluding hydrogens is 252 g/mol. The molecule has 0 aliphatic carbocycles. The Morgan fingerprint density at radius 3 is 2.90 bits per heavy atom. The van der Waals surface area contributed by atoms with Gasteiger partial charge in [0.25, 0.3) is 5.91 Å². The molecule has 1 aliphatic rings. The van der Waals surface area contributed by atoms with Crippen molar-refractivity contribution in [2.45, 2.75) is 58.5 Å². The predicted molar refractivity (Wildman–Crippen MR) is 79.9 cm³/mol. The van der Waals surface area contributed by atoms with Crippen LogP contribution in [0.2, 0.25) is 0 Å². The number of hydrogen-bond donors (Lipinski definition) is 1. The number of carbonyl (C=O) groups excluding carboxylic acids is 1. The van der Waals surface area contributed by atoms with Gasteiger partial charge in [0.05, 0.1) is 11.8 Å². The Kier molecular flexibility index (Phi) is 5.24. The van der Waals surface area contributed by atoms with E-state index in [1.165, 1.54) is 12.8 Å². The minimum absolute atomic E-state index is 0.0953. The molecule has 1 N–H and O–H groups in total. The first-order valence-electron chi connectivity index (χ1n) is 7.74. The number of piperidine rings is 1. The van der Waals surface area contributed by atoms with Crippen molar-refractivity contribution >= 4 is 5.91 Å². The summed E-state index contributed by atoms with van der Waals surface area (Å²) in [6, 6.07) is 2.42. The molecule has 1 fully saturated rings. The molecule has 1 aromatic heterocycles. The molecule has 0 bridgehead atoms. The van der Waals surface area contributed by atoms with Crippen molar-refractivity contribution < 1.29 is 9.21 Å². The zero-order valence-electron chi connectivity index (χ0n) is 12.8. The molecular formula is C16H26N2O2. The molecule has 112 valence electrons. The van der Waals surface area contributed by atoms with Gasteiger partial charge in [-0.05, 0) is 39.3 Å². The van der Waals surface area contributed by atoms with Crippen LogP contribution in [0, 0.1) is 0 Å². The van der Waals surface area contributed by atoms with Gasteiger partial charge >= 0.3 is 0 Å². The van der Waals surface area contributed by atoms with Gasteiger partial charge in [-0.3, -0.25) is 4.79 Å². The Balaban J connectivity index is 2.09. The van der Waals surface area contributed by atoms with Crippen LogP contribution in [0.15, 0.2) is 16.7 Å². The van der Waals surface area contributed by atoms with Gasteiger partial charge in [0.1, 0.15) is 5.76 Å². The van der Waals surface area contributed by atoms with Crippen molar-refractivity contribution in [3.8, 4) is 0 Å². The van der Waals surface area contributed by atoms with Crippen LogP contribution in [-0.2, 0) is 6.42 Å². The van der Waals surface area contributed by atoms with E-state index in [0.717, 1.165) is 37.3 Å². The third kappa shape index (κ3) is 3.42. The quantitative estimate of drug-likeness (QED) is 0.901. The van der Waals surface area contributed by atoms with Gasteiger partial charge in [0, 0.05) is 25.0 Å². The summed E-state index contributed by atoms with van der Waals surface area (Å²) in [5, 5.41) is 3.52. The minimum Gasteiger partial charge on any atom is -0.469 e. The molecule has 1 aliphatic heterocycles. The molecule has 1 aromatic rings. The van der Waals surface area contributed by atoms with E-state index in [9.17, 15) is 4.79 Å². The summed E-state index contributed by atoms with van der Waals surface area (Å²) in [4.78, 5) is 14.7. The zero-order chi connectivity index (χ0) is 14.5. The van der Waals surface area contributed by atoms with Crippen LogP contribution in [0.25, 0.3) is 0 Å². The van der Waals surface area contributed by atoms with E-state index in [1.807, 2.05) is 11.8 Å². The SMILES string of the molecule is CCc1occc1C(=O)N(CC1CCCCN1)C(C)C.